The van der Waals surface area contributed by atoms with Crippen LogP contribution in [0.25, 0.3) is 0 Å². The standard InChI is InChI=1S/C23H39N7O6.2C3H8/c1-12(2)26-15(31)11-25-22(36)28-17(23(3,4)5)21(35)30-10-6-7-14(30)20(34)29-19(16(32)18(24)33)27-13-8-9-13;2*1-3-2/h12-14,17,19,27H,6-11H2,1-5H3,(H2,24,33)(H,26,31)(H,29,34)(H2,25,28,36);2*3H2,1-2H3/t14-,17?,19?;;/m0../s1. The van der Waals surface area contributed by atoms with Gasteiger partial charge in [0.2, 0.25) is 17.7 Å². The number of carbonyl (C=O) groups is 6. The van der Waals surface area contributed by atoms with E-state index in [-0.39, 0.29) is 31.1 Å². The largest absolute Gasteiger partial charge is 0.363 e. The number of nitrogens with two attached hydrogens (primary N) is 1. The molecule has 13 nitrogen and oxygen atoms in total. The minimum absolute atomic E-state index is 0.00974. The van der Waals surface area contributed by atoms with Crippen molar-refractivity contribution in [3.8, 4) is 0 Å². The van der Waals surface area contributed by atoms with Crippen LogP contribution in [0.4, 0.5) is 4.79 Å². The Balaban J connectivity index is 0.00000257. The summed E-state index contributed by atoms with van der Waals surface area (Å²) in [6.45, 7) is 17.4. The Hall–Kier alpha value is -3.22. The Morgan fingerprint density at radius 2 is 1.43 bits per heavy atom. The van der Waals surface area contributed by atoms with Gasteiger partial charge in [-0.1, -0.05) is 61.3 Å². The molecule has 2 rings (SSSR count). The number of Topliss-reactive ketones (excluding diaryl/α,β-unsaturated/α-hetero) is 1. The van der Waals surface area contributed by atoms with Crippen molar-refractivity contribution in [1.29, 1.82) is 0 Å². The van der Waals surface area contributed by atoms with Crippen LogP contribution in [-0.2, 0) is 24.0 Å². The maximum absolute atomic E-state index is 13.5. The number of carbonyl (C=O) groups excluding carboxylic acids is 6. The van der Waals surface area contributed by atoms with Crippen molar-refractivity contribution >= 4 is 35.4 Å². The summed E-state index contributed by atoms with van der Waals surface area (Å²) in [5, 5.41) is 13.1. The van der Waals surface area contributed by atoms with Crippen LogP contribution in [0.5, 0.6) is 0 Å². The fourth-order valence-electron chi connectivity index (χ4n) is 3.88. The molecule has 0 spiro atoms. The monoisotopic (exact) mass is 597 g/mol. The summed E-state index contributed by atoms with van der Waals surface area (Å²) >= 11 is 0. The lowest BCUT2D eigenvalue weighted by Gasteiger charge is -2.35. The number of primary amides is 1. The van der Waals surface area contributed by atoms with E-state index >= 15 is 0 Å². The molecule has 1 saturated carbocycles. The summed E-state index contributed by atoms with van der Waals surface area (Å²) in [4.78, 5) is 75.8. The van der Waals surface area contributed by atoms with Gasteiger partial charge in [-0.15, -0.1) is 0 Å². The van der Waals surface area contributed by atoms with E-state index < -0.39 is 53.2 Å². The zero-order chi connectivity index (χ0) is 32.6. The number of ketones is 1. The van der Waals surface area contributed by atoms with Crippen molar-refractivity contribution in [3.05, 3.63) is 0 Å². The second kappa shape index (κ2) is 19.1. The minimum Gasteiger partial charge on any atom is -0.363 e. The normalized spacial score (nSPS) is 17.4. The highest BCUT2D eigenvalue weighted by atomic mass is 16.2. The molecule has 42 heavy (non-hydrogen) atoms. The lowest BCUT2D eigenvalue weighted by molar-refractivity contribution is -0.143. The SMILES string of the molecule is CC(C)NC(=O)CNC(=O)NC(C(=O)N1CCC[C@H]1C(=O)NC(NC1CC1)C(=O)C(N)=O)C(C)(C)C.CCC.CCC. The van der Waals surface area contributed by atoms with Gasteiger partial charge in [0.25, 0.3) is 11.7 Å². The Morgan fingerprint density at radius 3 is 1.88 bits per heavy atom. The molecule has 2 fully saturated rings. The first-order valence-corrected chi connectivity index (χ1v) is 15.1. The zero-order valence-electron chi connectivity index (χ0n) is 27.0. The summed E-state index contributed by atoms with van der Waals surface area (Å²) in [5.74, 6) is -3.54. The fraction of sp³-hybridized carbons (Fsp3) is 0.793. The molecule has 0 aromatic rings. The van der Waals surface area contributed by atoms with Crippen LogP contribution in [0.2, 0.25) is 0 Å². The maximum atomic E-state index is 13.5. The highest BCUT2D eigenvalue weighted by molar-refractivity contribution is 6.37. The molecule has 6 amide bonds. The summed E-state index contributed by atoms with van der Waals surface area (Å²) in [5.41, 5.74) is 4.41. The van der Waals surface area contributed by atoms with Crippen molar-refractivity contribution in [2.45, 2.75) is 131 Å². The summed E-state index contributed by atoms with van der Waals surface area (Å²) in [6.07, 6.45) is 3.77. The van der Waals surface area contributed by atoms with Crippen LogP contribution in [0.1, 0.15) is 101 Å². The van der Waals surface area contributed by atoms with E-state index in [1.165, 1.54) is 17.7 Å². The van der Waals surface area contributed by atoms with E-state index in [1.807, 2.05) is 0 Å². The van der Waals surface area contributed by atoms with E-state index in [2.05, 4.69) is 54.3 Å². The first-order chi connectivity index (χ1) is 19.5. The molecule has 0 radical (unpaired) electrons. The Bertz CT molecular complexity index is 913. The number of urea groups is 1. The van der Waals surface area contributed by atoms with E-state index in [0.717, 1.165) is 12.8 Å². The zero-order valence-corrected chi connectivity index (χ0v) is 27.0. The van der Waals surface area contributed by atoms with Crippen LogP contribution in [0, 0.1) is 5.41 Å². The Morgan fingerprint density at radius 1 is 0.881 bits per heavy atom. The van der Waals surface area contributed by atoms with Crippen LogP contribution in [0.15, 0.2) is 0 Å². The molecular weight excluding hydrogens is 542 g/mol. The van der Waals surface area contributed by atoms with Gasteiger partial charge in [-0.05, 0) is 44.9 Å². The molecule has 7 N–H and O–H groups in total. The second-order valence-electron chi connectivity index (χ2n) is 12.1. The van der Waals surface area contributed by atoms with E-state index in [0.29, 0.717) is 12.8 Å². The molecule has 2 unspecified atom stereocenters. The Labute approximate surface area is 251 Å². The first-order valence-electron chi connectivity index (χ1n) is 15.1. The molecular formula is C29H55N7O6. The molecule has 1 saturated heterocycles. The first kappa shape index (κ1) is 38.8. The van der Waals surface area contributed by atoms with Crippen molar-refractivity contribution in [1.82, 2.24) is 31.5 Å². The molecule has 13 heteroatoms. The highest BCUT2D eigenvalue weighted by Gasteiger charge is 2.43. The lowest BCUT2D eigenvalue weighted by atomic mass is 9.85. The van der Waals surface area contributed by atoms with Crippen LogP contribution < -0.4 is 32.3 Å². The number of amides is 6. The molecule has 0 bridgehead atoms. The van der Waals surface area contributed by atoms with Gasteiger partial charge in [0, 0.05) is 18.6 Å². The van der Waals surface area contributed by atoms with Crippen molar-refractivity contribution in [2.24, 2.45) is 11.1 Å². The van der Waals surface area contributed by atoms with Gasteiger partial charge in [-0.25, -0.2) is 4.79 Å². The molecule has 1 aliphatic heterocycles. The van der Waals surface area contributed by atoms with Crippen molar-refractivity contribution in [3.63, 3.8) is 0 Å². The minimum atomic E-state index is -1.26. The summed E-state index contributed by atoms with van der Waals surface area (Å²) in [6, 6.07) is -2.64. The van der Waals surface area contributed by atoms with E-state index in [1.54, 1.807) is 34.6 Å². The van der Waals surface area contributed by atoms with Gasteiger partial charge in [0.15, 0.2) is 0 Å². The van der Waals surface area contributed by atoms with Crippen molar-refractivity contribution < 1.29 is 28.8 Å². The third-order valence-corrected chi connectivity index (χ3v) is 5.86. The summed E-state index contributed by atoms with van der Waals surface area (Å²) in [7, 11) is 0. The van der Waals surface area contributed by atoms with Gasteiger partial charge < -0.3 is 31.9 Å². The topological polar surface area (TPSA) is 192 Å². The number of nitrogens with one attached hydrogen (secondary N) is 5. The quantitative estimate of drug-likeness (QED) is 0.153. The second-order valence-corrected chi connectivity index (χ2v) is 12.1. The average Bonchev–Trinajstić information content (AvgIpc) is 3.55. The van der Waals surface area contributed by atoms with Gasteiger partial charge in [-0.3, -0.25) is 29.3 Å². The molecule has 0 aromatic carbocycles. The van der Waals surface area contributed by atoms with Gasteiger partial charge in [0.05, 0.1) is 6.54 Å². The average molecular weight is 598 g/mol. The third-order valence-electron chi connectivity index (χ3n) is 5.86. The fourth-order valence-corrected chi connectivity index (χ4v) is 3.88. The number of rotatable bonds is 11. The molecule has 1 heterocycles. The molecule has 0 aromatic heterocycles. The van der Waals surface area contributed by atoms with Gasteiger partial charge in [0.1, 0.15) is 18.2 Å². The predicted molar refractivity (Wildman–Crippen MR) is 162 cm³/mol. The third kappa shape index (κ3) is 14.6. The highest BCUT2D eigenvalue weighted by Crippen LogP contribution is 2.26. The predicted octanol–water partition coefficient (Wildman–Crippen LogP) is 1.30. The Kier molecular flexibility index (Phi) is 17.6. The van der Waals surface area contributed by atoms with Crippen molar-refractivity contribution in [2.75, 3.05) is 13.1 Å². The molecule has 1 aliphatic carbocycles. The number of likely N-dealkylation sites (tertiary alicyclic amines) is 1. The van der Waals surface area contributed by atoms with Crippen LogP contribution in [-0.4, -0.2) is 83.8 Å². The van der Waals surface area contributed by atoms with Crippen LogP contribution >= 0.6 is 0 Å². The number of hydrogen-bond donors (Lipinski definition) is 6. The lowest BCUT2D eigenvalue weighted by Crippen LogP contribution is -2.61. The number of hydrogen-bond acceptors (Lipinski definition) is 7. The summed E-state index contributed by atoms with van der Waals surface area (Å²) < 4.78 is 0. The molecule has 242 valence electrons. The van der Waals surface area contributed by atoms with E-state index in [4.69, 9.17) is 5.73 Å². The van der Waals surface area contributed by atoms with Gasteiger partial charge in [-0.2, -0.15) is 0 Å². The van der Waals surface area contributed by atoms with E-state index in [9.17, 15) is 28.8 Å². The molecule has 3 atom stereocenters. The smallest absolute Gasteiger partial charge is 0.315 e. The van der Waals surface area contributed by atoms with Gasteiger partial charge >= 0.3 is 6.03 Å². The maximum Gasteiger partial charge on any atom is 0.315 e. The molecule has 2 aliphatic rings. The number of nitrogens with zero attached hydrogens (tertiary/aromatic N) is 1. The van der Waals surface area contributed by atoms with Crippen LogP contribution in [0.3, 0.4) is 0 Å².